The van der Waals surface area contributed by atoms with Gasteiger partial charge in [0.05, 0.1) is 0 Å². The highest BCUT2D eigenvalue weighted by Crippen LogP contribution is 2.06. The van der Waals surface area contributed by atoms with Crippen molar-refractivity contribution in [1.82, 2.24) is 4.90 Å². The third-order valence-corrected chi connectivity index (χ3v) is 1.16. The Balaban J connectivity index is -0.0000000860. The third-order valence-electron chi connectivity index (χ3n) is 1.16. The Bertz CT molecular complexity index is 155. The fraction of sp³-hybridized carbons (Fsp3) is 0.429. The van der Waals surface area contributed by atoms with Gasteiger partial charge in [-0.25, -0.2) is 0 Å². The molecular weight excluding hydrogens is 182 g/mol. The van der Waals surface area contributed by atoms with Crippen LogP contribution in [0, 0.1) is 0 Å². The van der Waals surface area contributed by atoms with Crippen LogP contribution in [0.4, 0.5) is 0 Å². The van der Waals surface area contributed by atoms with Gasteiger partial charge in [-0.15, -0.1) is 13.2 Å². The molecule has 0 aliphatic carbocycles. The predicted molar refractivity (Wildman–Crippen MR) is 76.1 cm³/mol. The molecule has 0 aromatic rings. The van der Waals surface area contributed by atoms with Crippen LogP contribution < -0.4 is 0 Å². The fourth-order valence-electron chi connectivity index (χ4n) is 0.405. The molecule has 0 heterocycles. The van der Waals surface area contributed by atoms with Crippen molar-refractivity contribution in [2.45, 2.75) is 27.7 Å². The van der Waals surface area contributed by atoms with E-state index >= 15 is 0 Å². The SMILES string of the molecule is C=C.C=CC(=C)C(=C)N(C)C.CC.CC. The van der Waals surface area contributed by atoms with Gasteiger partial charge < -0.3 is 4.90 Å². The summed E-state index contributed by atoms with van der Waals surface area (Å²) in [6, 6.07) is 0. The van der Waals surface area contributed by atoms with Crippen molar-refractivity contribution in [2.75, 3.05) is 14.1 Å². The van der Waals surface area contributed by atoms with Gasteiger partial charge in [-0.05, 0) is 5.57 Å². The van der Waals surface area contributed by atoms with Gasteiger partial charge in [0.15, 0.2) is 0 Å². The first-order chi connectivity index (χ1) is 7.09. The lowest BCUT2D eigenvalue weighted by molar-refractivity contribution is 0.527. The fourth-order valence-corrected chi connectivity index (χ4v) is 0.405. The summed E-state index contributed by atoms with van der Waals surface area (Å²) in [5.74, 6) is 0. The van der Waals surface area contributed by atoms with Crippen molar-refractivity contribution in [1.29, 1.82) is 0 Å². The molecule has 0 bridgehead atoms. The van der Waals surface area contributed by atoms with Crippen LogP contribution in [0.15, 0.2) is 50.2 Å². The van der Waals surface area contributed by atoms with Crippen molar-refractivity contribution >= 4 is 0 Å². The number of likely N-dealkylation sites (N-methyl/N-ethyl adjacent to an activating group) is 1. The lowest BCUT2D eigenvalue weighted by Crippen LogP contribution is -2.10. The van der Waals surface area contributed by atoms with E-state index in [9.17, 15) is 0 Å². The second-order valence-corrected chi connectivity index (χ2v) is 2.07. The molecule has 0 fully saturated rings. The minimum absolute atomic E-state index is 0.875. The Kier molecular flexibility index (Phi) is 36.1. The van der Waals surface area contributed by atoms with Crippen molar-refractivity contribution in [3.05, 3.63) is 50.2 Å². The van der Waals surface area contributed by atoms with Crippen LogP contribution in [0.1, 0.15) is 27.7 Å². The van der Waals surface area contributed by atoms with Gasteiger partial charge in [-0.1, -0.05) is 53.5 Å². The smallest absolute Gasteiger partial charge is 0.0355 e. The van der Waals surface area contributed by atoms with Gasteiger partial charge in [0.1, 0.15) is 0 Å². The Morgan fingerprint density at radius 3 is 1.27 bits per heavy atom. The van der Waals surface area contributed by atoms with Crippen molar-refractivity contribution in [3.63, 3.8) is 0 Å². The summed E-state index contributed by atoms with van der Waals surface area (Å²) >= 11 is 0. The topological polar surface area (TPSA) is 3.24 Å². The first kappa shape index (κ1) is 23.5. The standard InChI is InChI=1S/C8H13N.2C2H6.C2H4/c1-6-7(2)8(3)9(4)5;3*1-2/h6H,1-3H2,4-5H3;2*1-2H3;1-2H2. The summed E-state index contributed by atoms with van der Waals surface area (Å²) in [6.07, 6.45) is 1.70. The molecule has 0 saturated carbocycles. The second-order valence-electron chi connectivity index (χ2n) is 2.07. The van der Waals surface area contributed by atoms with Crippen LogP contribution in [-0.2, 0) is 0 Å². The Morgan fingerprint density at radius 2 is 1.20 bits per heavy atom. The van der Waals surface area contributed by atoms with E-state index in [0.29, 0.717) is 0 Å². The molecule has 0 rings (SSSR count). The van der Waals surface area contributed by atoms with Crippen molar-refractivity contribution in [2.24, 2.45) is 0 Å². The average Bonchev–Trinajstić information content (AvgIpc) is 2.34. The van der Waals surface area contributed by atoms with Gasteiger partial charge in [0.2, 0.25) is 0 Å². The normalized spacial score (nSPS) is 6.00. The van der Waals surface area contributed by atoms with Gasteiger partial charge >= 0.3 is 0 Å². The minimum Gasteiger partial charge on any atom is -0.378 e. The van der Waals surface area contributed by atoms with E-state index in [-0.39, 0.29) is 0 Å². The number of hydrogen-bond donors (Lipinski definition) is 0. The summed E-state index contributed by atoms with van der Waals surface area (Å²) in [4.78, 5) is 1.91. The maximum atomic E-state index is 3.78. The first-order valence-electron chi connectivity index (χ1n) is 5.27. The van der Waals surface area contributed by atoms with Crippen LogP contribution in [0.3, 0.4) is 0 Å². The van der Waals surface area contributed by atoms with Gasteiger partial charge in [-0.2, -0.15) is 0 Å². The molecule has 1 heteroatoms. The maximum absolute atomic E-state index is 3.78. The molecule has 0 radical (unpaired) electrons. The second kappa shape index (κ2) is 23.0. The van der Waals surface area contributed by atoms with E-state index in [1.165, 1.54) is 0 Å². The minimum atomic E-state index is 0.875. The van der Waals surface area contributed by atoms with E-state index in [1.54, 1.807) is 6.08 Å². The van der Waals surface area contributed by atoms with Gasteiger partial charge in [0, 0.05) is 19.8 Å². The third kappa shape index (κ3) is 19.3. The summed E-state index contributed by atoms with van der Waals surface area (Å²) in [5.41, 5.74) is 1.78. The van der Waals surface area contributed by atoms with E-state index in [1.807, 2.05) is 46.7 Å². The number of allylic oxidation sites excluding steroid dienone is 1. The molecule has 0 aromatic carbocycles. The van der Waals surface area contributed by atoms with Gasteiger partial charge in [-0.3, -0.25) is 0 Å². The average molecular weight is 211 g/mol. The summed E-state index contributed by atoms with van der Waals surface area (Å²) in [7, 11) is 3.86. The molecule has 15 heavy (non-hydrogen) atoms. The highest BCUT2D eigenvalue weighted by Gasteiger charge is 1.95. The molecular formula is C14H29N. The predicted octanol–water partition coefficient (Wildman–Crippen LogP) is 4.66. The van der Waals surface area contributed by atoms with Crippen LogP contribution in [0.2, 0.25) is 0 Å². The summed E-state index contributed by atoms with van der Waals surface area (Å²) in [6.45, 7) is 25.1. The van der Waals surface area contributed by atoms with Crippen LogP contribution >= 0.6 is 0 Å². The van der Waals surface area contributed by atoms with E-state index in [4.69, 9.17) is 0 Å². The maximum Gasteiger partial charge on any atom is 0.0355 e. The monoisotopic (exact) mass is 211 g/mol. The highest BCUT2D eigenvalue weighted by atomic mass is 15.1. The molecule has 0 unspecified atom stereocenters. The Hall–Kier alpha value is -1.24. The molecule has 0 aromatic heterocycles. The zero-order chi connectivity index (χ0) is 13.4. The Labute approximate surface area is 97.5 Å². The molecule has 0 aliphatic heterocycles. The Morgan fingerprint density at radius 1 is 0.933 bits per heavy atom. The zero-order valence-electron chi connectivity index (χ0n) is 11.6. The summed E-state index contributed by atoms with van der Waals surface area (Å²) < 4.78 is 0. The molecule has 0 aliphatic rings. The molecule has 0 spiro atoms. The molecule has 90 valence electrons. The van der Waals surface area contributed by atoms with Crippen molar-refractivity contribution in [3.8, 4) is 0 Å². The van der Waals surface area contributed by atoms with Crippen molar-refractivity contribution < 1.29 is 0 Å². The molecule has 0 atom stereocenters. The number of hydrogen-bond acceptors (Lipinski definition) is 1. The van der Waals surface area contributed by atoms with E-state index in [2.05, 4.69) is 32.9 Å². The van der Waals surface area contributed by atoms with E-state index in [0.717, 1.165) is 11.3 Å². The largest absolute Gasteiger partial charge is 0.378 e. The molecule has 0 amide bonds. The highest BCUT2D eigenvalue weighted by molar-refractivity contribution is 5.32. The number of rotatable bonds is 3. The molecule has 1 nitrogen and oxygen atoms in total. The van der Waals surface area contributed by atoms with E-state index < -0.39 is 0 Å². The van der Waals surface area contributed by atoms with Crippen LogP contribution in [-0.4, -0.2) is 19.0 Å². The molecule has 0 saturated heterocycles. The number of nitrogens with zero attached hydrogens (tertiary/aromatic N) is 1. The molecule has 0 N–H and O–H groups in total. The lowest BCUT2D eigenvalue weighted by Gasteiger charge is -2.14. The van der Waals surface area contributed by atoms with Gasteiger partial charge in [0.25, 0.3) is 0 Å². The lowest BCUT2D eigenvalue weighted by atomic mass is 10.2. The van der Waals surface area contributed by atoms with Crippen LogP contribution in [0.25, 0.3) is 0 Å². The van der Waals surface area contributed by atoms with Crippen LogP contribution in [0.5, 0.6) is 0 Å². The quantitative estimate of drug-likeness (QED) is 0.485. The first-order valence-corrected chi connectivity index (χ1v) is 5.27. The zero-order valence-corrected chi connectivity index (χ0v) is 11.6. The summed E-state index contributed by atoms with van der Waals surface area (Å²) in [5, 5.41) is 0.